The van der Waals surface area contributed by atoms with Crippen molar-refractivity contribution < 1.29 is 19.1 Å². The summed E-state index contributed by atoms with van der Waals surface area (Å²) in [5, 5.41) is 0. The van der Waals surface area contributed by atoms with Crippen LogP contribution in [0.15, 0.2) is 24.3 Å². The summed E-state index contributed by atoms with van der Waals surface area (Å²) in [6.45, 7) is 1.14. The highest BCUT2D eigenvalue weighted by molar-refractivity contribution is 5.74. The Bertz CT molecular complexity index is 614. The minimum atomic E-state index is 0.0211. The van der Waals surface area contributed by atoms with Crippen molar-refractivity contribution in [1.82, 2.24) is 0 Å². The lowest BCUT2D eigenvalue weighted by Crippen LogP contribution is -2.28. The Balaban J connectivity index is 0.990. The van der Waals surface area contributed by atoms with Crippen LogP contribution in [0.2, 0.25) is 0 Å². The molecule has 4 bridgehead atoms. The molecule has 5 aliphatic rings. The zero-order valence-electron chi connectivity index (χ0n) is 16.6. The van der Waals surface area contributed by atoms with E-state index in [1.54, 1.807) is 0 Å². The summed E-state index contributed by atoms with van der Waals surface area (Å²) in [6, 6.07) is 0. The van der Waals surface area contributed by atoms with Crippen molar-refractivity contribution in [3.8, 4) is 0 Å². The average molecular weight is 385 g/mol. The van der Waals surface area contributed by atoms with Crippen LogP contribution in [-0.4, -0.2) is 25.2 Å². The second-order valence-corrected chi connectivity index (χ2v) is 9.92. The SMILES string of the molecule is O=C(OCC1CCC(COC(=O)C2CC3C=CC2C3)CC1)C1CC2C=CC1C2. The van der Waals surface area contributed by atoms with Gasteiger partial charge in [0.25, 0.3) is 0 Å². The van der Waals surface area contributed by atoms with Gasteiger partial charge in [0, 0.05) is 0 Å². The van der Waals surface area contributed by atoms with Crippen LogP contribution in [0.25, 0.3) is 0 Å². The molecule has 6 unspecified atom stereocenters. The number of carbonyl (C=O) groups is 2. The van der Waals surface area contributed by atoms with Crippen LogP contribution in [0.4, 0.5) is 0 Å². The molecule has 0 aromatic carbocycles. The van der Waals surface area contributed by atoms with E-state index in [-0.39, 0.29) is 23.8 Å². The van der Waals surface area contributed by atoms with E-state index in [1.807, 2.05) is 0 Å². The van der Waals surface area contributed by atoms with Crippen LogP contribution in [0, 0.1) is 47.3 Å². The molecule has 0 aromatic rings. The fourth-order valence-electron chi connectivity index (χ4n) is 6.28. The number of carbonyl (C=O) groups excluding carboxylic acids is 2. The molecule has 6 atom stereocenters. The van der Waals surface area contributed by atoms with Crippen molar-refractivity contribution in [3.05, 3.63) is 24.3 Å². The van der Waals surface area contributed by atoms with Gasteiger partial charge in [0.1, 0.15) is 0 Å². The fraction of sp³-hybridized carbons (Fsp3) is 0.750. The van der Waals surface area contributed by atoms with Gasteiger partial charge < -0.3 is 9.47 Å². The summed E-state index contributed by atoms with van der Waals surface area (Å²) >= 11 is 0. The summed E-state index contributed by atoms with van der Waals surface area (Å²) in [4.78, 5) is 24.8. The van der Waals surface area contributed by atoms with Gasteiger partial charge in [-0.15, -0.1) is 0 Å². The molecular formula is C24H32O4. The lowest BCUT2D eigenvalue weighted by molar-refractivity contribution is -0.153. The third-order valence-electron chi connectivity index (χ3n) is 8.05. The first-order valence-electron chi connectivity index (χ1n) is 11.4. The molecule has 4 nitrogen and oxygen atoms in total. The first kappa shape index (κ1) is 18.4. The predicted molar refractivity (Wildman–Crippen MR) is 105 cm³/mol. The molecule has 5 rings (SSSR count). The smallest absolute Gasteiger partial charge is 0.309 e. The summed E-state index contributed by atoms with van der Waals surface area (Å²) < 4.78 is 11.4. The zero-order chi connectivity index (χ0) is 19.1. The topological polar surface area (TPSA) is 52.6 Å². The predicted octanol–water partition coefficient (Wildman–Crippen LogP) is 4.30. The quantitative estimate of drug-likeness (QED) is 0.506. The van der Waals surface area contributed by atoms with Crippen molar-refractivity contribution in [2.75, 3.05) is 13.2 Å². The molecule has 3 fully saturated rings. The highest BCUT2D eigenvalue weighted by Crippen LogP contribution is 2.45. The van der Waals surface area contributed by atoms with Gasteiger partial charge in [-0.05, 0) is 86.9 Å². The lowest BCUT2D eigenvalue weighted by Gasteiger charge is -2.29. The van der Waals surface area contributed by atoms with E-state index < -0.39 is 0 Å². The molecule has 0 spiro atoms. The average Bonchev–Trinajstić information content (AvgIpc) is 3.52. The molecule has 4 heteroatoms. The number of hydrogen-bond donors (Lipinski definition) is 0. The third kappa shape index (κ3) is 3.67. The normalized spacial score (nSPS) is 42.9. The summed E-state index contributed by atoms with van der Waals surface area (Å²) in [5.41, 5.74) is 0. The van der Waals surface area contributed by atoms with E-state index in [0.29, 0.717) is 48.7 Å². The minimum Gasteiger partial charge on any atom is -0.465 e. The van der Waals surface area contributed by atoms with Gasteiger partial charge in [-0.2, -0.15) is 0 Å². The second-order valence-electron chi connectivity index (χ2n) is 9.92. The monoisotopic (exact) mass is 384 g/mol. The highest BCUT2D eigenvalue weighted by atomic mass is 16.5. The number of rotatable bonds is 6. The largest absolute Gasteiger partial charge is 0.465 e. The molecule has 152 valence electrons. The maximum Gasteiger partial charge on any atom is 0.309 e. The van der Waals surface area contributed by atoms with Crippen LogP contribution >= 0.6 is 0 Å². The maximum atomic E-state index is 12.4. The Labute approximate surface area is 167 Å². The Hall–Kier alpha value is -1.58. The van der Waals surface area contributed by atoms with E-state index in [9.17, 15) is 9.59 Å². The van der Waals surface area contributed by atoms with Gasteiger partial charge >= 0.3 is 11.9 Å². The van der Waals surface area contributed by atoms with Gasteiger partial charge in [-0.3, -0.25) is 9.59 Å². The minimum absolute atomic E-state index is 0.0211. The molecular weight excluding hydrogens is 352 g/mol. The molecule has 0 aliphatic heterocycles. The molecule has 0 N–H and O–H groups in total. The molecule has 5 aliphatic carbocycles. The number of hydrogen-bond acceptors (Lipinski definition) is 4. The van der Waals surface area contributed by atoms with Gasteiger partial charge in [0.05, 0.1) is 25.0 Å². The van der Waals surface area contributed by atoms with Crippen molar-refractivity contribution in [1.29, 1.82) is 0 Å². The van der Waals surface area contributed by atoms with Gasteiger partial charge in [-0.1, -0.05) is 24.3 Å². The number of allylic oxidation sites excluding steroid dienone is 4. The van der Waals surface area contributed by atoms with Crippen molar-refractivity contribution >= 4 is 11.9 Å². The van der Waals surface area contributed by atoms with E-state index >= 15 is 0 Å². The Morgan fingerprint density at radius 1 is 0.643 bits per heavy atom. The first-order chi connectivity index (χ1) is 13.7. The Morgan fingerprint density at radius 2 is 1.07 bits per heavy atom. The van der Waals surface area contributed by atoms with Crippen molar-refractivity contribution in [2.45, 2.75) is 51.4 Å². The van der Waals surface area contributed by atoms with Crippen molar-refractivity contribution in [3.63, 3.8) is 0 Å². The van der Waals surface area contributed by atoms with Gasteiger partial charge in [-0.25, -0.2) is 0 Å². The molecule has 0 saturated heterocycles. The molecule has 0 radical (unpaired) electrons. The van der Waals surface area contributed by atoms with E-state index in [1.165, 1.54) is 0 Å². The molecule has 0 aromatic heterocycles. The standard InChI is InChI=1S/C24H32O4/c25-23(21-11-17-5-7-19(21)9-17)27-13-15-1-2-16(4-3-15)14-28-24(26)22-12-18-6-8-20(22)10-18/h5-8,15-22H,1-4,9-14H2. The van der Waals surface area contributed by atoms with Crippen LogP contribution in [0.1, 0.15) is 51.4 Å². The number of ether oxygens (including phenoxy) is 2. The second kappa shape index (κ2) is 7.68. The van der Waals surface area contributed by atoms with Crippen LogP contribution < -0.4 is 0 Å². The summed E-state index contributed by atoms with van der Waals surface area (Å²) in [6.07, 6.45) is 17.5. The Kier molecular flexibility index (Phi) is 5.06. The summed E-state index contributed by atoms with van der Waals surface area (Å²) in [7, 11) is 0. The van der Waals surface area contributed by atoms with Crippen LogP contribution in [0.5, 0.6) is 0 Å². The van der Waals surface area contributed by atoms with E-state index in [2.05, 4.69) is 24.3 Å². The van der Waals surface area contributed by atoms with Gasteiger partial charge in [0.2, 0.25) is 0 Å². The molecule has 0 heterocycles. The van der Waals surface area contributed by atoms with E-state index in [4.69, 9.17) is 9.47 Å². The van der Waals surface area contributed by atoms with Crippen LogP contribution in [-0.2, 0) is 19.1 Å². The summed E-state index contributed by atoms with van der Waals surface area (Å²) in [5.74, 6) is 3.26. The molecule has 3 saturated carbocycles. The number of fused-ring (bicyclic) bond motifs is 4. The molecule has 28 heavy (non-hydrogen) atoms. The van der Waals surface area contributed by atoms with E-state index in [0.717, 1.165) is 51.4 Å². The zero-order valence-corrected chi connectivity index (χ0v) is 16.6. The van der Waals surface area contributed by atoms with Crippen molar-refractivity contribution in [2.24, 2.45) is 47.3 Å². The maximum absolute atomic E-state index is 12.4. The third-order valence-corrected chi connectivity index (χ3v) is 8.05. The number of esters is 2. The lowest BCUT2D eigenvalue weighted by atomic mass is 9.83. The van der Waals surface area contributed by atoms with Gasteiger partial charge in [0.15, 0.2) is 0 Å². The highest BCUT2D eigenvalue weighted by Gasteiger charge is 2.42. The first-order valence-corrected chi connectivity index (χ1v) is 11.4. The molecule has 0 amide bonds. The fourth-order valence-corrected chi connectivity index (χ4v) is 6.28. The Morgan fingerprint density at radius 3 is 1.39 bits per heavy atom. The van der Waals surface area contributed by atoms with Crippen LogP contribution in [0.3, 0.4) is 0 Å².